The van der Waals surface area contributed by atoms with Gasteiger partial charge in [0.2, 0.25) is 0 Å². The Morgan fingerprint density at radius 2 is 0.333 bits per heavy atom. The molecule has 0 saturated carbocycles. The largest absolute Gasteiger partial charge is 4.00 e. The smallest absolute Gasteiger partial charge is 2.00 e. The van der Waals surface area contributed by atoms with Crippen molar-refractivity contribution in [2.24, 2.45) is 0 Å². The SMILES string of the molecule is [Ir+4].[Ir+4].[O-2].[O-2].[O-2].[O-2]. The van der Waals surface area contributed by atoms with E-state index in [-0.39, 0.29) is 62.1 Å². The Morgan fingerprint density at radius 3 is 0.333 bits per heavy atom. The molecule has 0 aliphatic heterocycles. The quantitative estimate of drug-likeness (QED) is 0.477. The molecular weight excluding hydrogens is 448 g/mol. The molecule has 0 aliphatic carbocycles. The first-order chi connectivity index (χ1) is 0. The molecule has 0 aromatic rings. The van der Waals surface area contributed by atoms with Crippen LogP contribution in [0.2, 0.25) is 0 Å². The minimum atomic E-state index is 0. The van der Waals surface area contributed by atoms with E-state index in [1.165, 1.54) is 0 Å². The Morgan fingerprint density at radius 1 is 0.333 bits per heavy atom. The van der Waals surface area contributed by atoms with Gasteiger partial charge >= 0.3 is 40.2 Å². The van der Waals surface area contributed by atoms with Gasteiger partial charge in [0, 0.05) is 0 Å². The van der Waals surface area contributed by atoms with Gasteiger partial charge in [0.1, 0.15) is 0 Å². The maximum Gasteiger partial charge on any atom is 4.00 e. The Labute approximate surface area is 62.2 Å². The average molecular weight is 448 g/mol. The fraction of sp³-hybridized carbons (Fsp3) is 0. The Kier molecular flexibility index (Phi) is 4320. The first kappa shape index (κ1) is 207. The molecule has 42 valence electrons. The second-order valence-corrected chi connectivity index (χ2v) is 0. The molecule has 0 rings (SSSR count). The van der Waals surface area contributed by atoms with Gasteiger partial charge in [-0.05, 0) is 0 Å². The Bertz CT molecular complexity index is 5.51. The predicted octanol–water partition coefficient (Wildman–Crippen LogP) is -0.480. The van der Waals surface area contributed by atoms with Crippen LogP contribution in [0.4, 0.5) is 0 Å². The van der Waals surface area contributed by atoms with Crippen molar-refractivity contribution in [3.63, 3.8) is 0 Å². The van der Waals surface area contributed by atoms with Crippen molar-refractivity contribution in [1.82, 2.24) is 0 Å². The van der Waals surface area contributed by atoms with Gasteiger partial charge < -0.3 is 21.9 Å². The van der Waals surface area contributed by atoms with Crippen molar-refractivity contribution in [2.75, 3.05) is 0 Å². The van der Waals surface area contributed by atoms with Crippen molar-refractivity contribution in [2.45, 2.75) is 0 Å². The van der Waals surface area contributed by atoms with Crippen molar-refractivity contribution < 1.29 is 62.1 Å². The minimum absolute atomic E-state index is 0. The average Bonchev–Trinajstić information content (AvgIpc) is 0. The number of rotatable bonds is 0. The third kappa shape index (κ3) is 67.9. The van der Waals surface area contributed by atoms with Crippen molar-refractivity contribution in [1.29, 1.82) is 0 Å². The van der Waals surface area contributed by atoms with E-state index in [0.717, 1.165) is 0 Å². The molecule has 0 spiro atoms. The molecule has 0 heterocycles. The zero-order valence-corrected chi connectivity index (χ0v) is 7.09. The molecular formula is Ir2O4. The molecule has 0 aromatic heterocycles. The molecule has 2 radical (unpaired) electrons. The summed E-state index contributed by atoms with van der Waals surface area (Å²) in [4.78, 5) is 0. The molecule has 6 heavy (non-hydrogen) atoms. The van der Waals surface area contributed by atoms with Crippen LogP contribution in [-0.2, 0) is 62.1 Å². The Hall–Kier alpha value is 1.14. The molecule has 0 aromatic carbocycles. The summed E-state index contributed by atoms with van der Waals surface area (Å²) in [7, 11) is 0. The van der Waals surface area contributed by atoms with E-state index in [1.807, 2.05) is 0 Å². The molecule has 0 N–H and O–H groups in total. The van der Waals surface area contributed by atoms with Crippen LogP contribution in [0.3, 0.4) is 0 Å². The van der Waals surface area contributed by atoms with Crippen LogP contribution < -0.4 is 0 Å². The summed E-state index contributed by atoms with van der Waals surface area (Å²) < 4.78 is 0. The molecule has 6 heteroatoms. The van der Waals surface area contributed by atoms with E-state index in [2.05, 4.69) is 0 Å². The molecule has 0 unspecified atom stereocenters. The van der Waals surface area contributed by atoms with Gasteiger partial charge in [-0.3, -0.25) is 0 Å². The third-order valence-corrected chi connectivity index (χ3v) is 0. The second-order valence-electron chi connectivity index (χ2n) is 0. The van der Waals surface area contributed by atoms with Crippen molar-refractivity contribution in [3.8, 4) is 0 Å². The molecule has 0 fully saturated rings. The summed E-state index contributed by atoms with van der Waals surface area (Å²) in [5.41, 5.74) is 0. The van der Waals surface area contributed by atoms with Gasteiger partial charge in [-0.25, -0.2) is 0 Å². The second kappa shape index (κ2) is 125. The molecule has 0 aliphatic rings. The summed E-state index contributed by atoms with van der Waals surface area (Å²) >= 11 is 0. The fourth-order valence-electron chi connectivity index (χ4n) is 0. The van der Waals surface area contributed by atoms with Crippen LogP contribution in [0.5, 0.6) is 0 Å². The van der Waals surface area contributed by atoms with Gasteiger partial charge in [-0.15, -0.1) is 0 Å². The molecule has 0 atom stereocenters. The summed E-state index contributed by atoms with van der Waals surface area (Å²) in [5, 5.41) is 0. The van der Waals surface area contributed by atoms with Crippen LogP contribution in [0.1, 0.15) is 0 Å². The van der Waals surface area contributed by atoms with Gasteiger partial charge in [0.25, 0.3) is 0 Å². The number of hydrogen-bond acceptors (Lipinski definition) is 0. The van der Waals surface area contributed by atoms with Crippen molar-refractivity contribution >= 4 is 0 Å². The topological polar surface area (TPSA) is 114 Å². The standard InChI is InChI=1S/2Ir.4O/q2*+4;4*-2. The molecule has 0 amide bonds. The monoisotopic (exact) mass is 450 g/mol. The molecule has 0 saturated heterocycles. The van der Waals surface area contributed by atoms with Gasteiger partial charge in [0.05, 0.1) is 0 Å². The zero-order chi connectivity index (χ0) is 0. The number of hydrogen-bond donors (Lipinski definition) is 0. The maximum atomic E-state index is 0. The zero-order valence-electron chi connectivity index (χ0n) is 2.30. The van der Waals surface area contributed by atoms with E-state index in [0.29, 0.717) is 0 Å². The first-order valence-electron chi connectivity index (χ1n) is 0. The van der Waals surface area contributed by atoms with E-state index in [4.69, 9.17) is 0 Å². The fourth-order valence-corrected chi connectivity index (χ4v) is 0. The maximum absolute atomic E-state index is 0. The van der Waals surface area contributed by atoms with Crippen molar-refractivity contribution in [3.05, 3.63) is 0 Å². The summed E-state index contributed by atoms with van der Waals surface area (Å²) in [6.45, 7) is 0. The van der Waals surface area contributed by atoms with Gasteiger partial charge in [0.15, 0.2) is 0 Å². The summed E-state index contributed by atoms with van der Waals surface area (Å²) in [5.74, 6) is 0. The minimum Gasteiger partial charge on any atom is -2.00 e. The molecule has 0 bridgehead atoms. The predicted molar refractivity (Wildman–Crippen MR) is 2.75 cm³/mol. The third-order valence-electron chi connectivity index (χ3n) is 0. The van der Waals surface area contributed by atoms with Crippen LogP contribution in [0.15, 0.2) is 0 Å². The van der Waals surface area contributed by atoms with E-state index in [9.17, 15) is 0 Å². The van der Waals surface area contributed by atoms with E-state index < -0.39 is 0 Å². The van der Waals surface area contributed by atoms with Crippen LogP contribution in [-0.4, -0.2) is 0 Å². The normalized spacial score (nSPS) is 0. The van der Waals surface area contributed by atoms with E-state index in [1.54, 1.807) is 0 Å². The summed E-state index contributed by atoms with van der Waals surface area (Å²) in [6.07, 6.45) is 0. The van der Waals surface area contributed by atoms with Gasteiger partial charge in [-0.2, -0.15) is 0 Å². The first-order valence-corrected chi connectivity index (χ1v) is 0. The van der Waals surface area contributed by atoms with Crippen LogP contribution in [0.25, 0.3) is 0 Å². The van der Waals surface area contributed by atoms with Gasteiger partial charge in [-0.1, -0.05) is 0 Å². The van der Waals surface area contributed by atoms with Crippen LogP contribution in [0, 0.1) is 0 Å². The molecule has 4 nitrogen and oxygen atoms in total. The van der Waals surface area contributed by atoms with Crippen LogP contribution >= 0.6 is 0 Å². The Balaban J connectivity index is 0. The summed E-state index contributed by atoms with van der Waals surface area (Å²) in [6, 6.07) is 0. The van der Waals surface area contributed by atoms with E-state index >= 15 is 0 Å².